The number of carboxylic acids is 1. The molecule has 2 aliphatic rings. The van der Waals surface area contributed by atoms with Crippen LogP contribution in [0.15, 0.2) is 10.6 Å². The van der Waals surface area contributed by atoms with Crippen molar-refractivity contribution in [2.75, 3.05) is 12.9 Å². The van der Waals surface area contributed by atoms with E-state index < -0.39 is 30.0 Å². The number of nitrogens with two attached hydrogens (primary N) is 1. The molecule has 4 N–H and O–H groups in total. The number of nitrogens with zero attached hydrogens (tertiary/aromatic N) is 1. The van der Waals surface area contributed by atoms with Gasteiger partial charge >= 0.3 is 11.9 Å². The van der Waals surface area contributed by atoms with Crippen LogP contribution in [0.1, 0.15) is 13.3 Å². The number of β-lactam (4-membered cyclic amide) rings is 1. The van der Waals surface area contributed by atoms with E-state index in [0.717, 1.165) is 11.8 Å². The summed E-state index contributed by atoms with van der Waals surface area (Å²) in [6.07, 6.45) is -0.480. The molecule has 2 rings (SSSR count). The lowest BCUT2D eigenvalue weighted by Crippen LogP contribution is -2.61. The number of esters is 1. The van der Waals surface area contributed by atoms with Crippen molar-refractivity contribution in [3.8, 4) is 0 Å². The Morgan fingerprint density at radius 1 is 1.55 bits per heavy atom. The van der Waals surface area contributed by atoms with E-state index >= 15 is 0 Å². The molecule has 1 fully saturated rings. The Bertz CT molecular complexity index is 547. The number of hydrogen-bond donors (Lipinski definition) is 3. The lowest BCUT2D eigenvalue weighted by Gasteiger charge is -2.44. The Morgan fingerprint density at radius 2 is 2.18 bits per heavy atom. The lowest BCUT2D eigenvalue weighted by atomic mass is 9.83. The molecule has 1 saturated heterocycles. The zero-order chi connectivity index (χ0) is 16.6. The number of amides is 1. The number of aliphatic hydroxyl groups is 1. The molecule has 4 atom stereocenters. The molecule has 0 aromatic carbocycles. The van der Waals surface area contributed by atoms with Crippen molar-refractivity contribution in [3.05, 3.63) is 10.6 Å². The third-order valence-corrected chi connectivity index (χ3v) is 5.07. The minimum absolute atomic E-state index is 0.0750. The molecule has 0 saturated carbocycles. The molecule has 2 aliphatic heterocycles. The maximum absolute atomic E-state index is 12.0. The molecular formula is C13H18N2O6S. The van der Waals surface area contributed by atoms with E-state index in [0.29, 0.717) is 11.3 Å². The van der Waals surface area contributed by atoms with Gasteiger partial charge in [-0.25, -0.2) is 4.79 Å². The Hall–Kier alpha value is -1.58. The summed E-state index contributed by atoms with van der Waals surface area (Å²) in [5, 5.41) is 18.9. The van der Waals surface area contributed by atoms with Gasteiger partial charge in [0.1, 0.15) is 11.7 Å². The van der Waals surface area contributed by atoms with Crippen molar-refractivity contribution in [3.63, 3.8) is 0 Å². The van der Waals surface area contributed by atoms with E-state index in [1.165, 1.54) is 18.9 Å². The topological polar surface area (TPSA) is 130 Å². The fourth-order valence-electron chi connectivity index (χ4n) is 2.77. The monoisotopic (exact) mass is 330 g/mol. The standard InChI is InChI=1S/C13H18N2O6S/c1-5(16)9-7-3-8(22-4-6(14)13(20)21-2)10(12(18)19)15(7)11(9)17/h5-7,9,16H,3-4,14H2,1-2H3,(H,18,19)/t5?,6-,7+,9+/m0/s1. The van der Waals surface area contributed by atoms with Crippen molar-refractivity contribution >= 4 is 29.6 Å². The van der Waals surface area contributed by atoms with Gasteiger partial charge in [-0.15, -0.1) is 11.8 Å². The molecule has 2 heterocycles. The van der Waals surface area contributed by atoms with Crippen LogP contribution in [-0.4, -0.2) is 64.0 Å². The first-order valence-electron chi connectivity index (χ1n) is 6.73. The number of carboxylic acid groups (broad SMARTS) is 1. The average Bonchev–Trinajstić information content (AvgIpc) is 2.77. The maximum atomic E-state index is 12.0. The third kappa shape index (κ3) is 2.71. The van der Waals surface area contributed by atoms with E-state index in [-0.39, 0.29) is 23.4 Å². The molecule has 22 heavy (non-hydrogen) atoms. The largest absolute Gasteiger partial charge is 0.477 e. The number of aliphatic hydroxyl groups excluding tert-OH is 1. The summed E-state index contributed by atoms with van der Waals surface area (Å²) in [5.74, 6) is -2.59. The molecule has 0 aliphatic carbocycles. The highest BCUT2D eigenvalue weighted by Crippen LogP contribution is 2.47. The Kier molecular flexibility index (Phi) is 4.78. The molecular weight excluding hydrogens is 312 g/mol. The zero-order valence-electron chi connectivity index (χ0n) is 12.2. The Balaban J connectivity index is 2.12. The van der Waals surface area contributed by atoms with Crippen molar-refractivity contribution in [1.29, 1.82) is 0 Å². The van der Waals surface area contributed by atoms with Crippen molar-refractivity contribution < 1.29 is 29.3 Å². The van der Waals surface area contributed by atoms with E-state index in [4.69, 9.17) is 5.73 Å². The fraction of sp³-hybridized carbons (Fsp3) is 0.615. The number of carbonyl (C=O) groups excluding carboxylic acids is 2. The van der Waals surface area contributed by atoms with Gasteiger partial charge in [-0.1, -0.05) is 0 Å². The molecule has 1 amide bonds. The second-order valence-corrected chi connectivity index (χ2v) is 6.38. The van der Waals surface area contributed by atoms with Crippen LogP contribution in [0, 0.1) is 5.92 Å². The first-order chi connectivity index (χ1) is 10.3. The summed E-state index contributed by atoms with van der Waals surface area (Å²) in [5.41, 5.74) is 5.55. The summed E-state index contributed by atoms with van der Waals surface area (Å²) in [6, 6.07) is -1.20. The summed E-state index contributed by atoms with van der Waals surface area (Å²) in [6.45, 7) is 1.51. The Labute approximate surface area is 131 Å². The van der Waals surface area contributed by atoms with Gasteiger partial charge in [-0.05, 0) is 6.92 Å². The van der Waals surface area contributed by atoms with Crippen molar-refractivity contribution in [2.24, 2.45) is 11.7 Å². The number of thioether (sulfide) groups is 1. The molecule has 0 aromatic heterocycles. The van der Waals surface area contributed by atoms with Gasteiger partial charge in [0.15, 0.2) is 0 Å². The highest BCUT2D eigenvalue weighted by Gasteiger charge is 2.56. The quantitative estimate of drug-likeness (QED) is 0.423. The predicted octanol–water partition coefficient (Wildman–Crippen LogP) is -0.872. The van der Waals surface area contributed by atoms with Crippen LogP contribution >= 0.6 is 11.8 Å². The third-order valence-electron chi connectivity index (χ3n) is 3.83. The molecule has 0 spiro atoms. The van der Waals surface area contributed by atoms with Crippen LogP contribution < -0.4 is 5.73 Å². The van der Waals surface area contributed by atoms with E-state index in [1.54, 1.807) is 0 Å². The summed E-state index contributed by atoms with van der Waals surface area (Å²) >= 11 is 1.13. The Morgan fingerprint density at radius 3 is 2.68 bits per heavy atom. The van der Waals surface area contributed by atoms with Gasteiger partial charge in [-0.3, -0.25) is 9.59 Å². The summed E-state index contributed by atoms with van der Waals surface area (Å²) < 4.78 is 4.51. The SMILES string of the molecule is COC(=O)[C@@H](N)CSC1=C(C(=O)O)N2C(=O)[C@H](C(C)O)[C@H]2C1. The van der Waals surface area contributed by atoms with Gasteiger partial charge in [0.2, 0.25) is 5.91 Å². The second-order valence-electron chi connectivity index (χ2n) is 5.26. The first kappa shape index (κ1) is 16.8. The normalized spacial score (nSPS) is 26.4. The molecule has 8 nitrogen and oxygen atoms in total. The van der Waals surface area contributed by atoms with E-state index in [1.807, 2.05) is 0 Å². The fourth-order valence-corrected chi connectivity index (χ4v) is 3.90. The van der Waals surface area contributed by atoms with Gasteiger partial charge in [0, 0.05) is 17.1 Å². The van der Waals surface area contributed by atoms with Gasteiger partial charge < -0.3 is 25.6 Å². The number of rotatable bonds is 6. The second kappa shape index (κ2) is 6.27. The van der Waals surface area contributed by atoms with Crippen LogP contribution in [0.3, 0.4) is 0 Å². The highest BCUT2D eigenvalue weighted by atomic mass is 32.2. The van der Waals surface area contributed by atoms with Crippen molar-refractivity contribution in [2.45, 2.75) is 31.5 Å². The number of aliphatic carboxylic acids is 1. The van der Waals surface area contributed by atoms with Crippen LogP contribution in [0.25, 0.3) is 0 Å². The lowest BCUT2D eigenvalue weighted by molar-refractivity contribution is -0.161. The number of methoxy groups -OCH3 is 1. The number of carbonyl (C=O) groups is 3. The smallest absolute Gasteiger partial charge is 0.353 e. The molecule has 0 aromatic rings. The van der Waals surface area contributed by atoms with Gasteiger partial charge in [0.05, 0.1) is 25.2 Å². The molecule has 1 unspecified atom stereocenters. The molecule has 9 heteroatoms. The van der Waals surface area contributed by atoms with Crippen molar-refractivity contribution in [1.82, 2.24) is 4.90 Å². The summed E-state index contributed by atoms with van der Waals surface area (Å²) in [7, 11) is 1.22. The van der Waals surface area contributed by atoms with Crippen LogP contribution in [0.5, 0.6) is 0 Å². The first-order valence-corrected chi connectivity index (χ1v) is 7.72. The molecule has 122 valence electrons. The van der Waals surface area contributed by atoms with Crippen LogP contribution in [0.4, 0.5) is 0 Å². The van der Waals surface area contributed by atoms with Gasteiger partial charge in [0.25, 0.3) is 0 Å². The number of hydrogen-bond acceptors (Lipinski definition) is 7. The van der Waals surface area contributed by atoms with Crippen LogP contribution in [-0.2, 0) is 19.1 Å². The minimum Gasteiger partial charge on any atom is -0.477 e. The summed E-state index contributed by atoms with van der Waals surface area (Å²) in [4.78, 5) is 36.4. The highest BCUT2D eigenvalue weighted by molar-refractivity contribution is 8.03. The molecule has 0 radical (unpaired) electrons. The van der Waals surface area contributed by atoms with Crippen LogP contribution in [0.2, 0.25) is 0 Å². The number of ether oxygens (including phenoxy) is 1. The average molecular weight is 330 g/mol. The number of fused-ring (bicyclic) bond motifs is 1. The predicted molar refractivity (Wildman–Crippen MR) is 77.5 cm³/mol. The van der Waals surface area contributed by atoms with E-state index in [2.05, 4.69) is 4.74 Å². The van der Waals surface area contributed by atoms with E-state index in [9.17, 15) is 24.6 Å². The maximum Gasteiger partial charge on any atom is 0.353 e. The molecule has 0 bridgehead atoms. The zero-order valence-corrected chi connectivity index (χ0v) is 13.0. The minimum atomic E-state index is -1.20. The van der Waals surface area contributed by atoms with Gasteiger partial charge in [-0.2, -0.15) is 0 Å².